The third-order valence-electron chi connectivity index (χ3n) is 3.18. The van der Waals surface area contributed by atoms with Gasteiger partial charge in [0.1, 0.15) is 0 Å². The van der Waals surface area contributed by atoms with Gasteiger partial charge in [-0.15, -0.1) is 0 Å². The Morgan fingerprint density at radius 1 is 1.24 bits per heavy atom. The van der Waals surface area contributed by atoms with Gasteiger partial charge < -0.3 is 9.84 Å². The number of ether oxygens (including phenoxy) is 1. The first kappa shape index (κ1) is 16.0. The van der Waals surface area contributed by atoms with Crippen molar-refractivity contribution < 1.29 is 18.3 Å². The van der Waals surface area contributed by atoms with E-state index < -0.39 is 10.0 Å². The summed E-state index contributed by atoms with van der Waals surface area (Å²) >= 11 is 0. The van der Waals surface area contributed by atoms with Crippen LogP contribution in [0.1, 0.15) is 24.8 Å². The standard InChI is InChI=1S/C15H19NO4S/c17-10-2-1-3-13-4-6-15(7-5-13)21(18,19)16-14-8-11-20-12-9-14/h4-7,14,16-17H,2,8-12H2. The van der Waals surface area contributed by atoms with Gasteiger partial charge in [-0.25, -0.2) is 13.1 Å². The summed E-state index contributed by atoms with van der Waals surface area (Å²) in [7, 11) is -3.50. The lowest BCUT2D eigenvalue weighted by Crippen LogP contribution is -2.38. The lowest BCUT2D eigenvalue weighted by atomic mass is 10.1. The molecule has 6 heteroatoms. The Morgan fingerprint density at radius 3 is 2.52 bits per heavy atom. The molecule has 0 atom stereocenters. The zero-order chi connectivity index (χ0) is 15.1. The first-order valence-electron chi connectivity index (χ1n) is 6.92. The maximum Gasteiger partial charge on any atom is 0.240 e. The molecule has 1 saturated heterocycles. The number of aliphatic hydroxyl groups excluding tert-OH is 1. The van der Waals surface area contributed by atoms with E-state index in [1.165, 1.54) is 0 Å². The summed E-state index contributed by atoms with van der Waals surface area (Å²) in [5, 5.41) is 8.65. The van der Waals surface area contributed by atoms with Gasteiger partial charge in [0.25, 0.3) is 0 Å². The van der Waals surface area contributed by atoms with E-state index in [1.807, 2.05) is 0 Å². The first-order chi connectivity index (χ1) is 10.1. The number of benzene rings is 1. The van der Waals surface area contributed by atoms with Crippen LogP contribution in [0, 0.1) is 11.8 Å². The van der Waals surface area contributed by atoms with Gasteiger partial charge in [0, 0.05) is 31.2 Å². The summed E-state index contributed by atoms with van der Waals surface area (Å²) in [6.45, 7) is 1.20. The zero-order valence-corrected chi connectivity index (χ0v) is 12.5. The SMILES string of the molecule is O=S(=O)(NC1CCOCC1)c1ccc(C#CCCO)cc1. The summed E-state index contributed by atoms with van der Waals surface area (Å²) in [6, 6.07) is 6.37. The van der Waals surface area contributed by atoms with E-state index in [2.05, 4.69) is 16.6 Å². The van der Waals surface area contributed by atoms with E-state index in [-0.39, 0.29) is 17.5 Å². The van der Waals surface area contributed by atoms with Crippen molar-refractivity contribution in [2.45, 2.75) is 30.2 Å². The number of rotatable bonds is 4. The van der Waals surface area contributed by atoms with Gasteiger partial charge in [0.2, 0.25) is 10.0 Å². The molecule has 1 aliphatic heterocycles. The molecular weight excluding hydrogens is 290 g/mol. The van der Waals surface area contributed by atoms with Crippen molar-refractivity contribution in [3.05, 3.63) is 29.8 Å². The normalized spacial score (nSPS) is 16.2. The van der Waals surface area contributed by atoms with Crippen molar-refractivity contribution in [1.29, 1.82) is 0 Å². The van der Waals surface area contributed by atoms with Gasteiger partial charge >= 0.3 is 0 Å². The molecule has 0 bridgehead atoms. The van der Waals surface area contributed by atoms with Crippen molar-refractivity contribution in [3.8, 4) is 11.8 Å². The first-order valence-corrected chi connectivity index (χ1v) is 8.40. The van der Waals surface area contributed by atoms with E-state index in [4.69, 9.17) is 9.84 Å². The van der Waals surface area contributed by atoms with Gasteiger partial charge in [-0.1, -0.05) is 11.8 Å². The number of hydrogen-bond donors (Lipinski definition) is 2. The Kier molecular flexibility index (Phi) is 5.76. The van der Waals surface area contributed by atoms with E-state index in [1.54, 1.807) is 24.3 Å². The van der Waals surface area contributed by atoms with E-state index in [0.717, 1.165) is 5.56 Å². The fourth-order valence-electron chi connectivity index (χ4n) is 2.04. The summed E-state index contributed by atoms with van der Waals surface area (Å²) < 4.78 is 32.4. The molecule has 0 unspecified atom stereocenters. The van der Waals surface area contributed by atoms with Crippen molar-refractivity contribution in [2.24, 2.45) is 0 Å². The Hall–Kier alpha value is -1.39. The molecular formula is C15H19NO4S. The molecule has 114 valence electrons. The van der Waals surface area contributed by atoms with Crippen LogP contribution in [0.25, 0.3) is 0 Å². The Balaban J connectivity index is 2.04. The highest BCUT2D eigenvalue weighted by Crippen LogP contribution is 2.14. The maximum absolute atomic E-state index is 12.3. The van der Waals surface area contributed by atoms with Crippen LogP contribution in [0.2, 0.25) is 0 Å². The number of aliphatic hydroxyl groups is 1. The average Bonchev–Trinajstić information content (AvgIpc) is 2.49. The van der Waals surface area contributed by atoms with Gasteiger partial charge in [0.05, 0.1) is 11.5 Å². The largest absolute Gasteiger partial charge is 0.395 e. The summed E-state index contributed by atoms with van der Waals surface area (Å²) in [5.74, 6) is 5.66. The lowest BCUT2D eigenvalue weighted by molar-refractivity contribution is 0.0832. The molecule has 1 aliphatic rings. The summed E-state index contributed by atoms with van der Waals surface area (Å²) in [4.78, 5) is 0.238. The fraction of sp³-hybridized carbons (Fsp3) is 0.467. The van der Waals surface area contributed by atoms with Crippen LogP contribution in [0.4, 0.5) is 0 Å². The molecule has 0 radical (unpaired) electrons. The van der Waals surface area contributed by atoms with Gasteiger partial charge in [-0.3, -0.25) is 0 Å². The highest BCUT2D eigenvalue weighted by atomic mass is 32.2. The van der Waals surface area contributed by atoms with Gasteiger partial charge in [0.15, 0.2) is 0 Å². The van der Waals surface area contributed by atoms with E-state index in [9.17, 15) is 8.42 Å². The molecule has 1 heterocycles. The van der Waals surface area contributed by atoms with E-state index >= 15 is 0 Å². The molecule has 1 aromatic rings. The second-order valence-corrected chi connectivity index (χ2v) is 6.52. The van der Waals surface area contributed by atoms with Crippen LogP contribution >= 0.6 is 0 Å². The number of nitrogens with one attached hydrogen (secondary N) is 1. The van der Waals surface area contributed by atoms with Gasteiger partial charge in [-0.2, -0.15) is 0 Å². The van der Waals surface area contributed by atoms with Crippen LogP contribution in [0.15, 0.2) is 29.2 Å². The topological polar surface area (TPSA) is 75.6 Å². The molecule has 0 spiro atoms. The minimum Gasteiger partial charge on any atom is -0.395 e. The van der Waals surface area contributed by atoms with Crippen LogP contribution in [0.3, 0.4) is 0 Å². The smallest absolute Gasteiger partial charge is 0.240 e. The zero-order valence-electron chi connectivity index (χ0n) is 11.7. The molecule has 0 aromatic heterocycles. The van der Waals surface area contributed by atoms with Crippen molar-refractivity contribution in [2.75, 3.05) is 19.8 Å². The van der Waals surface area contributed by atoms with Crippen LogP contribution in [-0.4, -0.2) is 39.4 Å². The Morgan fingerprint density at radius 2 is 1.90 bits per heavy atom. The second kappa shape index (κ2) is 7.57. The minimum atomic E-state index is -3.50. The van der Waals surface area contributed by atoms with E-state index in [0.29, 0.717) is 32.5 Å². The second-order valence-electron chi connectivity index (χ2n) is 4.81. The molecule has 2 rings (SSSR count). The highest BCUT2D eigenvalue weighted by molar-refractivity contribution is 7.89. The van der Waals surface area contributed by atoms with Gasteiger partial charge in [-0.05, 0) is 37.1 Å². The Bertz CT molecular complexity index is 607. The monoisotopic (exact) mass is 309 g/mol. The minimum absolute atomic E-state index is 0.0223. The molecule has 0 saturated carbocycles. The summed E-state index contributed by atoms with van der Waals surface area (Å²) in [5.41, 5.74) is 0.730. The number of hydrogen-bond acceptors (Lipinski definition) is 4. The molecule has 0 aliphatic carbocycles. The quantitative estimate of drug-likeness (QED) is 0.810. The molecule has 0 amide bonds. The predicted octanol–water partition coefficient (Wildman–Crippen LogP) is 0.878. The third-order valence-corrected chi connectivity index (χ3v) is 4.71. The molecule has 1 aromatic carbocycles. The van der Waals surface area contributed by atoms with Crippen molar-refractivity contribution in [3.63, 3.8) is 0 Å². The maximum atomic E-state index is 12.3. The predicted molar refractivity (Wildman–Crippen MR) is 79.2 cm³/mol. The highest BCUT2D eigenvalue weighted by Gasteiger charge is 2.21. The molecule has 5 nitrogen and oxygen atoms in total. The van der Waals surface area contributed by atoms with Crippen LogP contribution in [0.5, 0.6) is 0 Å². The van der Waals surface area contributed by atoms with Crippen LogP contribution < -0.4 is 4.72 Å². The lowest BCUT2D eigenvalue weighted by Gasteiger charge is -2.22. The molecule has 2 N–H and O–H groups in total. The third kappa shape index (κ3) is 4.83. The van der Waals surface area contributed by atoms with Crippen molar-refractivity contribution in [1.82, 2.24) is 4.72 Å². The Labute approximate surface area is 125 Å². The van der Waals surface area contributed by atoms with Crippen LogP contribution in [-0.2, 0) is 14.8 Å². The number of sulfonamides is 1. The summed E-state index contributed by atoms with van der Waals surface area (Å²) in [6.07, 6.45) is 1.80. The average molecular weight is 309 g/mol. The molecule has 21 heavy (non-hydrogen) atoms. The van der Waals surface area contributed by atoms with Crippen molar-refractivity contribution >= 4 is 10.0 Å². The molecule has 1 fully saturated rings. The fourth-order valence-corrected chi connectivity index (χ4v) is 3.35.